The zero-order valence-electron chi connectivity index (χ0n) is 11.7. The molecule has 1 amide bonds. The second-order valence-electron chi connectivity index (χ2n) is 4.91. The van der Waals surface area contributed by atoms with Gasteiger partial charge in [-0.05, 0) is 19.9 Å². The summed E-state index contributed by atoms with van der Waals surface area (Å²) in [5, 5.41) is 7.40. The highest BCUT2D eigenvalue weighted by atomic mass is 35.5. The molecule has 0 aliphatic rings. The van der Waals surface area contributed by atoms with E-state index in [2.05, 4.69) is 10.4 Å². The highest BCUT2D eigenvalue weighted by Crippen LogP contribution is 2.19. The van der Waals surface area contributed by atoms with Gasteiger partial charge in [-0.1, -0.05) is 11.6 Å². The zero-order chi connectivity index (χ0) is 14.9. The van der Waals surface area contributed by atoms with Crippen molar-refractivity contribution in [2.24, 2.45) is 7.05 Å². The Balaban J connectivity index is 2.11. The molecule has 0 radical (unpaired) electrons. The summed E-state index contributed by atoms with van der Waals surface area (Å²) in [7, 11) is 1.75. The largest absolute Gasteiger partial charge is 0.384 e. The maximum atomic E-state index is 12.2. The van der Waals surface area contributed by atoms with E-state index in [1.54, 1.807) is 30.2 Å². The van der Waals surface area contributed by atoms with Crippen molar-refractivity contribution in [3.8, 4) is 0 Å². The van der Waals surface area contributed by atoms with Crippen LogP contribution in [0.2, 0.25) is 5.02 Å². The molecule has 0 aromatic carbocycles. The van der Waals surface area contributed by atoms with Gasteiger partial charge in [0.05, 0.1) is 11.2 Å². The number of amides is 1. The van der Waals surface area contributed by atoms with Gasteiger partial charge in [-0.15, -0.1) is 0 Å². The summed E-state index contributed by atoms with van der Waals surface area (Å²) >= 11 is 5.97. The van der Waals surface area contributed by atoms with Crippen molar-refractivity contribution in [3.63, 3.8) is 0 Å². The number of anilines is 1. The fraction of sp³-hybridized carbons (Fsp3) is 0.385. The van der Waals surface area contributed by atoms with E-state index in [-0.39, 0.29) is 11.9 Å². The first-order chi connectivity index (χ1) is 9.40. The molecule has 2 aromatic rings. The maximum Gasteiger partial charge on any atom is 0.268 e. The standard InChI is InChI=1S/C13H18ClN5O/c1-8(2)19-7-10(14)4-11(19)13(20)16-5-9-6-17-18(3)12(9)15/h4,6-8H,5,15H2,1-3H3,(H,16,20). The number of nitrogens with zero attached hydrogens (tertiary/aromatic N) is 3. The first kappa shape index (κ1) is 14.5. The molecule has 0 bridgehead atoms. The molecule has 7 heteroatoms. The van der Waals surface area contributed by atoms with Crippen LogP contribution in [-0.2, 0) is 13.6 Å². The molecule has 2 heterocycles. The quantitative estimate of drug-likeness (QED) is 0.905. The molecule has 0 unspecified atom stereocenters. The van der Waals surface area contributed by atoms with Crippen LogP contribution in [0.25, 0.3) is 0 Å². The number of aryl methyl sites for hydroxylation is 1. The minimum absolute atomic E-state index is 0.159. The fourth-order valence-corrected chi connectivity index (χ4v) is 2.16. The van der Waals surface area contributed by atoms with Crippen LogP contribution >= 0.6 is 11.6 Å². The van der Waals surface area contributed by atoms with Gasteiger partial charge in [0.25, 0.3) is 5.91 Å². The predicted octanol–water partition coefficient (Wildman–Crippen LogP) is 1.97. The van der Waals surface area contributed by atoms with E-state index in [4.69, 9.17) is 17.3 Å². The molecule has 0 spiro atoms. The highest BCUT2D eigenvalue weighted by Gasteiger charge is 2.15. The van der Waals surface area contributed by atoms with Crippen LogP contribution in [0, 0.1) is 0 Å². The van der Waals surface area contributed by atoms with Gasteiger partial charge in [-0.2, -0.15) is 5.10 Å². The van der Waals surface area contributed by atoms with Crippen molar-refractivity contribution in [3.05, 3.63) is 34.7 Å². The van der Waals surface area contributed by atoms with E-state index in [0.717, 1.165) is 5.56 Å². The normalized spacial score (nSPS) is 11.1. The Kier molecular flexibility index (Phi) is 4.04. The molecule has 0 saturated carbocycles. The van der Waals surface area contributed by atoms with Crippen molar-refractivity contribution < 1.29 is 4.79 Å². The number of hydrogen-bond acceptors (Lipinski definition) is 3. The number of nitrogen functional groups attached to an aromatic ring is 1. The molecule has 20 heavy (non-hydrogen) atoms. The lowest BCUT2D eigenvalue weighted by atomic mass is 10.3. The van der Waals surface area contributed by atoms with Crippen LogP contribution in [0.5, 0.6) is 0 Å². The van der Waals surface area contributed by atoms with Gasteiger partial charge in [0, 0.05) is 31.4 Å². The molecular formula is C13H18ClN5O. The topological polar surface area (TPSA) is 77.9 Å². The Hall–Kier alpha value is -1.95. The fourth-order valence-electron chi connectivity index (χ4n) is 1.95. The van der Waals surface area contributed by atoms with Gasteiger partial charge in [0.15, 0.2) is 0 Å². The molecule has 0 aliphatic heterocycles. The summed E-state index contributed by atoms with van der Waals surface area (Å²) < 4.78 is 3.40. The van der Waals surface area contributed by atoms with Crippen molar-refractivity contribution in [2.45, 2.75) is 26.4 Å². The summed E-state index contributed by atoms with van der Waals surface area (Å²) in [5.74, 6) is 0.358. The van der Waals surface area contributed by atoms with Gasteiger partial charge in [0.1, 0.15) is 11.5 Å². The molecular weight excluding hydrogens is 278 g/mol. The number of hydrogen-bond donors (Lipinski definition) is 2. The summed E-state index contributed by atoms with van der Waals surface area (Å²) in [6, 6.07) is 1.82. The summed E-state index contributed by atoms with van der Waals surface area (Å²) in [6.45, 7) is 4.32. The van der Waals surface area contributed by atoms with Crippen LogP contribution in [0.1, 0.15) is 35.9 Å². The number of halogens is 1. The second-order valence-corrected chi connectivity index (χ2v) is 5.34. The Bertz CT molecular complexity index is 629. The summed E-state index contributed by atoms with van der Waals surface area (Å²) in [6.07, 6.45) is 3.39. The number of rotatable bonds is 4. The molecule has 6 nitrogen and oxygen atoms in total. The van der Waals surface area contributed by atoms with Crippen LogP contribution in [0.15, 0.2) is 18.5 Å². The molecule has 2 aromatic heterocycles. The van der Waals surface area contributed by atoms with Crippen LogP contribution in [0.3, 0.4) is 0 Å². The Morgan fingerprint density at radius 2 is 2.25 bits per heavy atom. The van der Waals surface area contributed by atoms with E-state index in [1.807, 2.05) is 18.4 Å². The van der Waals surface area contributed by atoms with Gasteiger partial charge < -0.3 is 15.6 Å². The lowest BCUT2D eigenvalue weighted by molar-refractivity contribution is 0.0940. The van der Waals surface area contributed by atoms with Gasteiger partial charge >= 0.3 is 0 Å². The van der Waals surface area contributed by atoms with Gasteiger partial charge in [-0.3, -0.25) is 9.48 Å². The van der Waals surface area contributed by atoms with Crippen molar-refractivity contribution in [2.75, 3.05) is 5.73 Å². The number of carbonyl (C=O) groups is 1. The smallest absolute Gasteiger partial charge is 0.268 e. The van der Waals surface area contributed by atoms with Crippen molar-refractivity contribution in [1.82, 2.24) is 19.7 Å². The van der Waals surface area contributed by atoms with E-state index in [9.17, 15) is 4.79 Å². The maximum absolute atomic E-state index is 12.2. The number of nitrogens with two attached hydrogens (primary N) is 1. The first-order valence-electron chi connectivity index (χ1n) is 6.32. The van der Waals surface area contributed by atoms with Crippen LogP contribution in [0.4, 0.5) is 5.82 Å². The molecule has 0 fully saturated rings. The average molecular weight is 296 g/mol. The van der Waals surface area contributed by atoms with Crippen LogP contribution < -0.4 is 11.1 Å². The second kappa shape index (κ2) is 5.58. The van der Waals surface area contributed by atoms with E-state index in [1.165, 1.54) is 0 Å². The minimum Gasteiger partial charge on any atom is -0.384 e. The number of aromatic nitrogens is 3. The van der Waals surface area contributed by atoms with Crippen LogP contribution in [-0.4, -0.2) is 20.3 Å². The monoisotopic (exact) mass is 295 g/mol. The zero-order valence-corrected chi connectivity index (χ0v) is 12.5. The molecule has 0 saturated heterocycles. The molecule has 108 valence electrons. The van der Waals surface area contributed by atoms with Gasteiger partial charge in [0.2, 0.25) is 0 Å². The van der Waals surface area contributed by atoms with E-state index < -0.39 is 0 Å². The average Bonchev–Trinajstić information content (AvgIpc) is 2.92. The molecule has 3 N–H and O–H groups in total. The lowest BCUT2D eigenvalue weighted by Crippen LogP contribution is -2.26. The molecule has 0 atom stereocenters. The third kappa shape index (κ3) is 2.80. The molecule has 2 rings (SSSR count). The summed E-state index contributed by atoms with van der Waals surface area (Å²) in [5.41, 5.74) is 7.15. The third-order valence-corrected chi connectivity index (χ3v) is 3.31. The SMILES string of the molecule is CC(C)n1cc(Cl)cc1C(=O)NCc1cnn(C)c1N. The van der Waals surface area contributed by atoms with E-state index in [0.29, 0.717) is 23.1 Å². The number of carbonyl (C=O) groups excluding carboxylic acids is 1. The van der Waals surface area contributed by atoms with E-state index >= 15 is 0 Å². The third-order valence-electron chi connectivity index (χ3n) is 3.11. The van der Waals surface area contributed by atoms with Gasteiger partial charge in [-0.25, -0.2) is 0 Å². The Morgan fingerprint density at radius 3 is 2.80 bits per heavy atom. The highest BCUT2D eigenvalue weighted by molar-refractivity contribution is 6.31. The summed E-state index contributed by atoms with van der Waals surface area (Å²) in [4.78, 5) is 12.2. The Morgan fingerprint density at radius 1 is 1.55 bits per heavy atom. The molecule has 0 aliphatic carbocycles. The number of nitrogens with one attached hydrogen (secondary N) is 1. The first-order valence-corrected chi connectivity index (χ1v) is 6.70. The lowest BCUT2D eigenvalue weighted by Gasteiger charge is -2.12. The van der Waals surface area contributed by atoms with Crippen molar-refractivity contribution >= 4 is 23.3 Å². The Labute approximate surface area is 122 Å². The minimum atomic E-state index is -0.186. The van der Waals surface area contributed by atoms with Crippen molar-refractivity contribution in [1.29, 1.82) is 0 Å². The predicted molar refractivity (Wildman–Crippen MR) is 78.6 cm³/mol.